The minimum absolute atomic E-state index is 0.185. The molecule has 0 spiro atoms. The van der Waals surface area contributed by atoms with Gasteiger partial charge in [0.05, 0.1) is 6.04 Å². The Morgan fingerprint density at radius 3 is 2.80 bits per heavy atom. The molecule has 1 aromatic rings. The number of aromatic nitrogens is 2. The third-order valence-electron chi connectivity index (χ3n) is 2.02. The Labute approximate surface area is 89.4 Å². The van der Waals surface area contributed by atoms with E-state index >= 15 is 0 Å². The van der Waals surface area contributed by atoms with Crippen LogP contribution in [0.15, 0.2) is 6.07 Å². The summed E-state index contributed by atoms with van der Waals surface area (Å²) in [6, 6.07) is 1.29. The molecule has 1 amide bonds. The summed E-state index contributed by atoms with van der Waals surface area (Å²) in [6.07, 6.45) is 0.676. The molecule has 1 aromatic heterocycles. The number of H-pyrrole nitrogens is 1. The van der Waals surface area contributed by atoms with Gasteiger partial charge in [-0.25, -0.2) is 0 Å². The molecule has 1 heterocycles. The van der Waals surface area contributed by atoms with Crippen LogP contribution < -0.4 is 11.1 Å². The smallest absolute Gasteiger partial charge is 0.242 e. The molecule has 0 unspecified atom stereocenters. The van der Waals surface area contributed by atoms with Crippen molar-refractivity contribution in [1.82, 2.24) is 10.2 Å². The van der Waals surface area contributed by atoms with Crippen LogP contribution in [0.4, 0.5) is 5.82 Å². The zero-order chi connectivity index (χ0) is 11.4. The largest absolute Gasteiger partial charge is 0.320 e. The number of nitrogens with one attached hydrogen (secondary N) is 2. The van der Waals surface area contributed by atoms with Crippen LogP contribution >= 0.6 is 0 Å². The second kappa shape index (κ2) is 4.93. The summed E-state index contributed by atoms with van der Waals surface area (Å²) in [5, 5.41) is 9.31. The Bertz CT molecular complexity index is 332. The van der Waals surface area contributed by atoms with E-state index in [0.717, 1.165) is 5.69 Å². The first-order chi connectivity index (χ1) is 6.99. The molecule has 0 fully saturated rings. The van der Waals surface area contributed by atoms with Gasteiger partial charge in [-0.2, -0.15) is 5.10 Å². The van der Waals surface area contributed by atoms with E-state index < -0.39 is 6.04 Å². The molecule has 0 aliphatic rings. The van der Waals surface area contributed by atoms with E-state index in [1.54, 1.807) is 6.07 Å². The van der Waals surface area contributed by atoms with Gasteiger partial charge in [-0.15, -0.1) is 0 Å². The fourth-order valence-electron chi connectivity index (χ4n) is 1.32. The van der Waals surface area contributed by atoms with Gasteiger partial charge in [0.25, 0.3) is 0 Å². The highest BCUT2D eigenvalue weighted by molar-refractivity contribution is 5.93. The lowest BCUT2D eigenvalue weighted by Gasteiger charge is -2.12. The van der Waals surface area contributed by atoms with Crippen molar-refractivity contribution in [3.05, 3.63) is 11.8 Å². The number of aromatic amines is 1. The first-order valence-corrected chi connectivity index (χ1v) is 5.07. The fraction of sp³-hybridized carbons (Fsp3) is 0.600. The molecule has 5 nitrogen and oxygen atoms in total. The molecule has 5 heteroatoms. The average Bonchev–Trinajstić information content (AvgIpc) is 2.50. The predicted octanol–water partition coefficient (Wildman–Crippen LogP) is 1.03. The van der Waals surface area contributed by atoms with Crippen LogP contribution in [0, 0.1) is 12.8 Å². The number of hydrogen-bond acceptors (Lipinski definition) is 3. The monoisotopic (exact) mass is 210 g/mol. The van der Waals surface area contributed by atoms with Crippen LogP contribution in [0.3, 0.4) is 0 Å². The molecular formula is C10H18N4O. The summed E-state index contributed by atoms with van der Waals surface area (Å²) < 4.78 is 0. The second-order valence-electron chi connectivity index (χ2n) is 4.16. The van der Waals surface area contributed by atoms with Gasteiger partial charge < -0.3 is 11.1 Å². The molecule has 0 aromatic carbocycles. The molecular weight excluding hydrogens is 192 g/mol. The van der Waals surface area contributed by atoms with Gasteiger partial charge in [-0.3, -0.25) is 9.89 Å². The van der Waals surface area contributed by atoms with Crippen LogP contribution in [-0.2, 0) is 4.79 Å². The van der Waals surface area contributed by atoms with E-state index in [1.165, 1.54) is 0 Å². The van der Waals surface area contributed by atoms with E-state index in [-0.39, 0.29) is 5.91 Å². The Morgan fingerprint density at radius 1 is 1.67 bits per heavy atom. The molecule has 0 saturated carbocycles. The Balaban J connectivity index is 2.48. The van der Waals surface area contributed by atoms with Crippen LogP contribution in [-0.4, -0.2) is 22.1 Å². The van der Waals surface area contributed by atoms with E-state index in [0.29, 0.717) is 18.2 Å². The van der Waals surface area contributed by atoms with E-state index in [9.17, 15) is 4.79 Å². The van der Waals surface area contributed by atoms with Gasteiger partial charge in [0, 0.05) is 11.8 Å². The fourth-order valence-corrected chi connectivity index (χ4v) is 1.32. The minimum Gasteiger partial charge on any atom is -0.320 e. The van der Waals surface area contributed by atoms with Crippen LogP contribution in [0.5, 0.6) is 0 Å². The first kappa shape index (κ1) is 11.7. The standard InChI is InChI=1S/C10H18N4O/c1-6(2)4-8(11)10(15)12-9-5-7(3)13-14-9/h5-6,8H,4,11H2,1-3H3,(H2,12,13,14,15)/t8-/m1/s1. The van der Waals surface area contributed by atoms with E-state index in [4.69, 9.17) is 5.73 Å². The molecule has 15 heavy (non-hydrogen) atoms. The third kappa shape index (κ3) is 3.71. The number of anilines is 1. The molecule has 0 aliphatic carbocycles. The number of carbonyl (C=O) groups excluding carboxylic acids is 1. The Hall–Kier alpha value is -1.36. The average molecular weight is 210 g/mol. The molecule has 4 N–H and O–H groups in total. The van der Waals surface area contributed by atoms with Gasteiger partial charge >= 0.3 is 0 Å². The highest BCUT2D eigenvalue weighted by Gasteiger charge is 2.15. The summed E-state index contributed by atoms with van der Waals surface area (Å²) >= 11 is 0. The normalized spacial score (nSPS) is 12.9. The second-order valence-corrected chi connectivity index (χ2v) is 4.16. The maximum atomic E-state index is 11.6. The van der Waals surface area contributed by atoms with Crippen molar-refractivity contribution in [2.45, 2.75) is 33.2 Å². The molecule has 1 atom stereocenters. The molecule has 84 valence electrons. The number of carbonyl (C=O) groups is 1. The number of nitrogens with zero attached hydrogens (tertiary/aromatic N) is 1. The van der Waals surface area contributed by atoms with Crippen molar-refractivity contribution in [2.24, 2.45) is 11.7 Å². The van der Waals surface area contributed by atoms with Gasteiger partial charge in [0.2, 0.25) is 5.91 Å². The van der Waals surface area contributed by atoms with E-state index in [1.807, 2.05) is 20.8 Å². The Morgan fingerprint density at radius 2 is 2.33 bits per heavy atom. The third-order valence-corrected chi connectivity index (χ3v) is 2.02. The van der Waals surface area contributed by atoms with Crippen molar-refractivity contribution in [2.75, 3.05) is 5.32 Å². The molecule has 0 radical (unpaired) electrons. The maximum Gasteiger partial charge on any atom is 0.242 e. The highest BCUT2D eigenvalue weighted by Crippen LogP contribution is 2.07. The lowest BCUT2D eigenvalue weighted by Crippen LogP contribution is -2.36. The summed E-state index contributed by atoms with van der Waals surface area (Å²) in [6.45, 7) is 5.94. The molecule has 0 aliphatic heterocycles. The van der Waals surface area contributed by atoms with Crippen LogP contribution in [0.2, 0.25) is 0 Å². The number of hydrogen-bond donors (Lipinski definition) is 3. The van der Waals surface area contributed by atoms with Crippen LogP contribution in [0.1, 0.15) is 26.0 Å². The summed E-state index contributed by atoms with van der Waals surface area (Å²) in [5.74, 6) is 0.749. The maximum absolute atomic E-state index is 11.6. The quantitative estimate of drug-likeness (QED) is 0.694. The summed E-state index contributed by atoms with van der Waals surface area (Å²) in [7, 11) is 0. The first-order valence-electron chi connectivity index (χ1n) is 5.07. The topological polar surface area (TPSA) is 83.8 Å². The molecule has 0 saturated heterocycles. The summed E-state index contributed by atoms with van der Waals surface area (Å²) in [4.78, 5) is 11.6. The van der Waals surface area contributed by atoms with Gasteiger partial charge in [0.1, 0.15) is 0 Å². The zero-order valence-electron chi connectivity index (χ0n) is 9.37. The van der Waals surface area contributed by atoms with Gasteiger partial charge in [-0.05, 0) is 19.3 Å². The predicted molar refractivity (Wildman–Crippen MR) is 59.4 cm³/mol. The van der Waals surface area contributed by atoms with Crippen molar-refractivity contribution in [3.63, 3.8) is 0 Å². The summed E-state index contributed by atoms with van der Waals surface area (Å²) in [5.41, 5.74) is 6.63. The van der Waals surface area contributed by atoms with E-state index in [2.05, 4.69) is 15.5 Å². The van der Waals surface area contributed by atoms with Gasteiger partial charge in [0.15, 0.2) is 5.82 Å². The highest BCUT2D eigenvalue weighted by atomic mass is 16.2. The van der Waals surface area contributed by atoms with Crippen LogP contribution in [0.25, 0.3) is 0 Å². The number of aryl methyl sites for hydroxylation is 1. The SMILES string of the molecule is Cc1cc(NC(=O)[C@H](N)CC(C)C)n[nH]1. The molecule has 1 rings (SSSR count). The number of nitrogens with two attached hydrogens (primary N) is 1. The minimum atomic E-state index is -0.470. The number of rotatable bonds is 4. The van der Waals surface area contributed by atoms with Gasteiger partial charge in [-0.1, -0.05) is 13.8 Å². The lowest BCUT2D eigenvalue weighted by atomic mass is 10.0. The van der Waals surface area contributed by atoms with Crippen molar-refractivity contribution in [3.8, 4) is 0 Å². The van der Waals surface area contributed by atoms with Crippen molar-refractivity contribution in [1.29, 1.82) is 0 Å². The Kier molecular flexibility index (Phi) is 3.85. The molecule has 0 bridgehead atoms. The number of amides is 1. The zero-order valence-corrected chi connectivity index (χ0v) is 9.37. The lowest BCUT2D eigenvalue weighted by molar-refractivity contribution is -0.117. The van der Waals surface area contributed by atoms with Crippen molar-refractivity contribution >= 4 is 11.7 Å². The van der Waals surface area contributed by atoms with Crippen molar-refractivity contribution < 1.29 is 4.79 Å².